The first-order valence-electron chi connectivity index (χ1n) is 9.51. The van der Waals surface area contributed by atoms with E-state index in [0.29, 0.717) is 28.5 Å². The molecule has 8 heteroatoms. The topological polar surface area (TPSA) is 92.2 Å². The molecule has 0 spiro atoms. The summed E-state index contributed by atoms with van der Waals surface area (Å²) in [6, 6.07) is 13.5. The van der Waals surface area contributed by atoms with E-state index in [4.69, 9.17) is 0 Å². The van der Waals surface area contributed by atoms with Gasteiger partial charge in [-0.1, -0.05) is 24.3 Å². The quantitative estimate of drug-likeness (QED) is 0.532. The van der Waals surface area contributed by atoms with Crippen LogP contribution in [0.5, 0.6) is 0 Å². The largest absolute Gasteiger partial charge is 0.326 e. The fraction of sp³-hybridized carbons (Fsp3) is 0.182. The number of rotatable bonds is 5. The third kappa shape index (κ3) is 3.98. The van der Waals surface area contributed by atoms with Crippen LogP contribution in [0.25, 0.3) is 16.9 Å². The zero-order valence-electron chi connectivity index (χ0n) is 16.6. The van der Waals surface area contributed by atoms with Gasteiger partial charge < -0.3 is 5.32 Å². The summed E-state index contributed by atoms with van der Waals surface area (Å²) in [5.41, 5.74) is 2.91. The summed E-state index contributed by atoms with van der Waals surface area (Å²) >= 11 is 0. The van der Waals surface area contributed by atoms with Gasteiger partial charge in [-0.3, -0.25) is 14.7 Å². The minimum Gasteiger partial charge on any atom is -0.326 e. The van der Waals surface area contributed by atoms with E-state index < -0.39 is 0 Å². The first-order chi connectivity index (χ1) is 14.4. The Bertz CT molecular complexity index is 1310. The zero-order chi connectivity index (χ0) is 21.3. The van der Waals surface area contributed by atoms with Gasteiger partial charge in [0.05, 0.1) is 5.69 Å². The van der Waals surface area contributed by atoms with Gasteiger partial charge in [-0.2, -0.15) is 9.50 Å². The Hall–Kier alpha value is -3.81. The molecule has 1 amide bonds. The van der Waals surface area contributed by atoms with E-state index in [0.717, 1.165) is 11.1 Å². The molecule has 0 aliphatic heterocycles. The lowest BCUT2D eigenvalue weighted by molar-refractivity contribution is -0.116. The molecule has 0 saturated heterocycles. The normalized spacial score (nSPS) is 11.0. The highest BCUT2D eigenvalue weighted by atomic mass is 19.1. The first-order valence-corrected chi connectivity index (χ1v) is 9.51. The average Bonchev–Trinajstić information content (AvgIpc) is 3.08. The molecule has 2 aromatic heterocycles. The van der Waals surface area contributed by atoms with Crippen LogP contribution in [0.4, 0.5) is 10.1 Å². The number of H-pyrrole nitrogens is 1. The molecule has 0 saturated carbocycles. The number of halogens is 1. The lowest BCUT2D eigenvalue weighted by Gasteiger charge is -2.09. The van der Waals surface area contributed by atoms with Crippen molar-refractivity contribution in [3.05, 3.63) is 81.8 Å². The number of hydrogen-bond acceptors (Lipinski definition) is 4. The standard InChI is InChI=1S/C22H20FN5O2/c1-13-19(21(30)28-22(24-13)25-14(2)27-28)9-10-20(29)26-18-8-4-6-16(12-18)15-5-3-7-17(23)11-15/h3-8,11-12H,9-10H2,1-2H3,(H,26,29)(H,24,25,27). The lowest BCUT2D eigenvalue weighted by atomic mass is 10.0. The third-order valence-electron chi connectivity index (χ3n) is 4.81. The van der Waals surface area contributed by atoms with Gasteiger partial charge in [0.2, 0.25) is 5.91 Å². The second-order valence-electron chi connectivity index (χ2n) is 7.06. The Kier molecular flexibility index (Phi) is 5.14. The molecule has 30 heavy (non-hydrogen) atoms. The number of carbonyl (C=O) groups excluding carboxylic acids is 1. The summed E-state index contributed by atoms with van der Waals surface area (Å²) in [6.07, 6.45) is 0.384. The van der Waals surface area contributed by atoms with Crippen molar-refractivity contribution in [2.75, 3.05) is 5.32 Å². The molecule has 2 heterocycles. The van der Waals surface area contributed by atoms with Gasteiger partial charge in [0.15, 0.2) is 0 Å². The Morgan fingerprint density at radius 1 is 1.10 bits per heavy atom. The molecule has 2 aromatic carbocycles. The molecule has 0 bridgehead atoms. The summed E-state index contributed by atoms with van der Waals surface area (Å²) in [7, 11) is 0. The fourth-order valence-corrected chi connectivity index (χ4v) is 3.36. The molecular weight excluding hydrogens is 385 g/mol. The molecule has 0 radical (unpaired) electrons. The van der Waals surface area contributed by atoms with Gasteiger partial charge >= 0.3 is 0 Å². The van der Waals surface area contributed by atoms with Crippen molar-refractivity contribution in [2.24, 2.45) is 0 Å². The Labute approximate surface area is 171 Å². The zero-order valence-corrected chi connectivity index (χ0v) is 16.6. The Morgan fingerprint density at radius 2 is 1.83 bits per heavy atom. The highest BCUT2D eigenvalue weighted by Crippen LogP contribution is 2.23. The number of aromatic nitrogens is 4. The number of carbonyl (C=O) groups is 1. The molecule has 0 atom stereocenters. The van der Waals surface area contributed by atoms with Crippen LogP contribution in [0, 0.1) is 19.7 Å². The van der Waals surface area contributed by atoms with Crippen LogP contribution in [0.2, 0.25) is 0 Å². The van der Waals surface area contributed by atoms with Crippen LogP contribution in [0.1, 0.15) is 23.5 Å². The summed E-state index contributed by atoms with van der Waals surface area (Å²) in [6.45, 7) is 3.48. The number of nitrogens with one attached hydrogen (secondary N) is 2. The fourth-order valence-electron chi connectivity index (χ4n) is 3.36. The highest BCUT2D eigenvalue weighted by Gasteiger charge is 2.14. The second kappa shape index (κ2) is 7.90. The van der Waals surface area contributed by atoms with E-state index in [-0.39, 0.29) is 30.1 Å². The summed E-state index contributed by atoms with van der Waals surface area (Å²) in [5.74, 6) is 0.363. The van der Waals surface area contributed by atoms with Crippen molar-refractivity contribution >= 4 is 17.4 Å². The number of nitrogens with zero attached hydrogens (tertiary/aromatic N) is 3. The number of benzene rings is 2. The maximum atomic E-state index is 13.5. The monoisotopic (exact) mass is 405 g/mol. The number of aromatic amines is 1. The van der Waals surface area contributed by atoms with Crippen LogP contribution in [0.15, 0.2) is 53.3 Å². The summed E-state index contributed by atoms with van der Waals surface area (Å²) in [4.78, 5) is 33.6. The number of fused-ring (bicyclic) bond motifs is 1. The van der Waals surface area contributed by atoms with Crippen molar-refractivity contribution in [1.29, 1.82) is 0 Å². The average molecular weight is 405 g/mol. The Morgan fingerprint density at radius 3 is 2.60 bits per heavy atom. The molecule has 0 unspecified atom stereocenters. The van der Waals surface area contributed by atoms with Crippen molar-refractivity contribution in [3.63, 3.8) is 0 Å². The predicted octanol–water partition coefficient (Wildman–Crippen LogP) is 3.41. The minimum absolute atomic E-state index is 0.126. The van der Waals surface area contributed by atoms with E-state index in [1.165, 1.54) is 16.6 Å². The molecule has 2 N–H and O–H groups in total. The van der Waals surface area contributed by atoms with Gasteiger partial charge in [0.1, 0.15) is 11.6 Å². The van der Waals surface area contributed by atoms with Crippen LogP contribution in [-0.2, 0) is 11.2 Å². The van der Waals surface area contributed by atoms with Crippen molar-refractivity contribution in [3.8, 4) is 11.1 Å². The van der Waals surface area contributed by atoms with Crippen LogP contribution < -0.4 is 10.9 Å². The minimum atomic E-state index is -0.318. The maximum Gasteiger partial charge on any atom is 0.277 e. The third-order valence-corrected chi connectivity index (χ3v) is 4.81. The van der Waals surface area contributed by atoms with E-state index in [1.54, 1.807) is 44.2 Å². The van der Waals surface area contributed by atoms with Gasteiger partial charge in [0, 0.05) is 17.7 Å². The molecule has 0 fully saturated rings. The summed E-state index contributed by atoms with van der Waals surface area (Å²) in [5, 5.41) is 5.69. The van der Waals surface area contributed by atoms with Crippen LogP contribution in [0.3, 0.4) is 0 Å². The smallest absolute Gasteiger partial charge is 0.277 e. The molecular formula is C22H20FN5O2. The lowest BCUT2D eigenvalue weighted by Crippen LogP contribution is -2.23. The van der Waals surface area contributed by atoms with Gasteiger partial charge in [-0.15, -0.1) is 0 Å². The first kappa shape index (κ1) is 19.5. The summed E-state index contributed by atoms with van der Waals surface area (Å²) < 4.78 is 14.8. The molecule has 152 valence electrons. The molecule has 0 aliphatic carbocycles. The van der Waals surface area contributed by atoms with E-state index in [1.807, 2.05) is 6.07 Å². The Balaban J connectivity index is 1.48. The maximum absolute atomic E-state index is 13.5. The predicted molar refractivity (Wildman–Crippen MR) is 112 cm³/mol. The molecule has 4 rings (SSSR count). The second-order valence-corrected chi connectivity index (χ2v) is 7.06. The van der Waals surface area contributed by atoms with Gasteiger partial charge in [-0.05, 0) is 55.7 Å². The molecule has 7 nitrogen and oxygen atoms in total. The van der Waals surface area contributed by atoms with Crippen molar-refractivity contribution in [1.82, 2.24) is 19.6 Å². The number of aryl methyl sites for hydroxylation is 2. The van der Waals surface area contributed by atoms with E-state index >= 15 is 0 Å². The number of hydrogen-bond donors (Lipinski definition) is 2. The van der Waals surface area contributed by atoms with Crippen LogP contribution in [-0.4, -0.2) is 25.5 Å². The molecule has 0 aliphatic rings. The molecule has 4 aromatic rings. The van der Waals surface area contributed by atoms with E-state index in [2.05, 4.69) is 20.4 Å². The number of anilines is 1. The van der Waals surface area contributed by atoms with Gasteiger partial charge in [0.25, 0.3) is 11.3 Å². The number of amides is 1. The SMILES string of the molecule is Cc1nc2nc(C)c(CCC(=O)Nc3cccc(-c4cccc(F)c4)c3)c(=O)n2[nH]1. The van der Waals surface area contributed by atoms with Crippen molar-refractivity contribution < 1.29 is 9.18 Å². The highest BCUT2D eigenvalue weighted by molar-refractivity contribution is 5.91. The van der Waals surface area contributed by atoms with Crippen LogP contribution >= 0.6 is 0 Å². The van der Waals surface area contributed by atoms with Crippen molar-refractivity contribution in [2.45, 2.75) is 26.7 Å². The van der Waals surface area contributed by atoms with E-state index in [9.17, 15) is 14.0 Å². The van der Waals surface area contributed by atoms with Gasteiger partial charge in [-0.25, -0.2) is 9.37 Å².